The minimum absolute atomic E-state index is 0.0656. The Kier molecular flexibility index (Phi) is 2.67. The molecule has 0 amide bonds. The smallest absolute Gasteiger partial charge is 0.262 e. The Labute approximate surface area is 100 Å². The average Bonchev–Trinajstić information content (AvgIpc) is 2.61. The van der Waals surface area contributed by atoms with Gasteiger partial charge in [-0.3, -0.25) is 14.8 Å². The highest BCUT2D eigenvalue weighted by molar-refractivity contribution is 9.10. The minimum Gasteiger partial charge on any atom is -0.262 e. The molecule has 2 aromatic rings. The number of hydrogen-bond donors (Lipinski definition) is 0. The lowest BCUT2D eigenvalue weighted by molar-refractivity contribution is -0.385. The van der Waals surface area contributed by atoms with Gasteiger partial charge in [-0.2, -0.15) is 5.10 Å². The summed E-state index contributed by atoms with van der Waals surface area (Å²) in [6.45, 7) is 4.03. The molecule has 0 saturated carbocycles. The first kappa shape index (κ1) is 11.1. The van der Waals surface area contributed by atoms with Crippen molar-refractivity contribution in [1.29, 1.82) is 0 Å². The van der Waals surface area contributed by atoms with Gasteiger partial charge >= 0.3 is 0 Å². The summed E-state index contributed by atoms with van der Waals surface area (Å²) >= 11 is 3.25. The molecular weight excluding hydrogens is 274 g/mol. The zero-order valence-corrected chi connectivity index (χ0v) is 10.4. The van der Waals surface area contributed by atoms with Crippen LogP contribution < -0.4 is 0 Å². The van der Waals surface area contributed by atoms with Crippen molar-refractivity contribution in [1.82, 2.24) is 9.78 Å². The van der Waals surface area contributed by atoms with Crippen molar-refractivity contribution in [3.05, 3.63) is 32.9 Å². The summed E-state index contributed by atoms with van der Waals surface area (Å²) in [5.41, 5.74) is 0.961. The molecular formula is C10H10BrN3O2. The maximum absolute atomic E-state index is 10.8. The van der Waals surface area contributed by atoms with E-state index in [0.717, 1.165) is 10.9 Å². The van der Waals surface area contributed by atoms with Crippen molar-refractivity contribution < 1.29 is 4.92 Å². The van der Waals surface area contributed by atoms with E-state index in [1.807, 2.05) is 18.5 Å². The maximum Gasteiger partial charge on any atom is 0.284 e. The van der Waals surface area contributed by atoms with E-state index in [9.17, 15) is 10.1 Å². The standard InChI is InChI=1S/C10H10BrN3O2/c1-6(2)13-8-3-4-9(14(15)16)10(11)7(8)5-12-13/h3-6H,1-2H3. The summed E-state index contributed by atoms with van der Waals surface area (Å²) in [4.78, 5) is 10.3. The van der Waals surface area contributed by atoms with Gasteiger partial charge in [-0.1, -0.05) is 0 Å². The van der Waals surface area contributed by atoms with E-state index in [-0.39, 0.29) is 11.7 Å². The molecule has 1 aromatic heterocycles. The zero-order valence-electron chi connectivity index (χ0n) is 8.85. The zero-order chi connectivity index (χ0) is 11.9. The molecule has 0 N–H and O–H groups in total. The Morgan fingerprint density at radius 3 is 2.75 bits per heavy atom. The summed E-state index contributed by atoms with van der Waals surface area (Å²) in [5, 5.41) is 15.7. The summed E-state index contributed by atoms with van der Waals surface area (Å²) in [7, 11) is 0. The van der Waals surface area contributed by atoms with Crippen LogP contribution >= 0.6 is 15.9 Å². The lowest BCUT2D eigenvalue weighted by Gasteiger charge is -2.06. The van der Waals surface area contributed by atoms with E-state index in [4.69, 9.17) is 0 Å². The predicted octanol–water partition coefficient (Wildman–Crippen LogP) is 3.29. The first-order valence-electron chi connectivity index (χ1n) is 4.82. The number of halogens is 1. The molecule has 0 aliphatic rings. The van der Waals surface area contributed by atoms with E-state index in [1.165, 1.54) is 6.07 Å². The number of nitrogens with zero attached hydrogens (tertiary/aromatic N) is 3. The highest BCUT2D eigenvalue weighted by atomic mass is 79.9. The molecule has 0 unspecified atom stereocenters. The topological polar surface area (TPSA) is 61.0 Å². The van der Waals surface area contributed by atoms with Crippen LogP contribution in [0.4, 0.5) is 5.69 Å². The summed E-state index contributed by atoms with van der Waals surface area (Å²) in [6.07, 6.45) is 1.65. The van der Waals surface area contributed by atoms with Gasteiger partial charge in [0.05, 0.1) is 16.6 Å². The van der Waals surface area contributed by atoms with Crippen LogP contribution in [0.2, 0.25) is 0 Å². The van der Waals surface area contributed by atoms with E-state index in [2.05, 4.69) is 21.0 Å². The molecule has 6 heteroatoms. The molecule has 0 aliphatic heterocycles. The molecule has 0 aliphatic carbocycles. The molecule has 0 fully saturated rings. The van der Waals surface area contributed by atoms with Gasteiger partial charge in [0.2, 0.25) is 0 Å². The average molecular weight is 284 g/mol. The number of nitro benzene ring substituents is 1. The third-order valence-electron chi connectivity index (χ3n) is 2.38. The number of fused-ring (bicyclic) bond motifs is 1. The molecule has 0 atom stereocenters. The lowest BCUT2D eigenvalue weighted by Crippen LogP contribution is -2.01. The van der Waals surface area contributed by atoms with Crippen molar-refractivity contribution in [3.8, 4) is 0 Å². The van der Waals surface area contributed by atoms with Crippen LogP contribution in [-0.2, 0) is 0 Å². The maximum atomic E-state index is 10.8. The van der Waals surface area contributed by atoms with Gasteiger partial charge < -0.3 is 0 Å². The van der Waals surface area contributed by atoms with Crippen LogP contribution in [0.15, 0.2) is 22.8 Å². The third kappa shape index (κ3) is 1.59. The van der Waals surface area contributed by atoms with E-state index >= 15 is 0 Å². The van der Waals surface area contributed by atoms with Crippen molar-refractivity contribution >= 4 is 32.5 Å². The molecule has 2 rings (SSSR count). The SMILES string of the molecule is CC(C)n1ncc2c(Br)c([N+](=O)[O-])ccc21. The van der Waals surface area contributed by atoms with Crippen molar-refractivity contribution in [2.75, 3.05) is 0 Å². The Balaban J connectivity index is 2.73. The van der Waals surface area contributed by atoms with Crippen molar-refractivity contribution in [3.63, 3.8) is 0 Å². The second kappa shape index (κ2) is 3.86. The molecule has 1 aromatic carbocycles. The van der Waals surface area contributed by atoms with Gasteiger partial charge in [-0.25, -0.2) is 0 Å². The first-order chi connectivity index (χ1) is 7.52. The summed E-state index contributed by atoms with van der Waals surface area (Å²) < 4.78 is 2.32. The Morgan fingerprint density at radius 1 is 1.50 bits per heavy atom. The van der Waals surface area contributed by atoms with Crippen LogP contribution in [0.5, 0.6) is 0 Å². The Morgan fingerprint density at radius 2 is 2.19 bits per heavy atom. The fraction of sp³-hybridized carbons (Fsp3) is 0.300. The normalized spacial score (nSPS) is 11.2. The highest BCUT2D eigenvalue weighted by Crippen LogP contribution is 2.33. The van der Waals surface area contributed by atoms with Crippen LogP contribution in [0.1, 0.15) is 19.9 Å². The van der Waals surface area contributed by atoms with E-state index in [0.29, 0.717) is 4.47 Å². The molecule has 16 heavy (non-hydrogen) atoms. The van der Waals surface area contributed by atoms with E-state index in [1.54, 1.807) is 12.3 Å². The second-order valence-corrected chi connectivity index (χ2v) is 4.56. The Bertz CT molecular complexity index is 562. The fourth-order valence-corrected chi connectivity index (χ4v) is 2.21. The van der Waals surface area contributed by atoms with Crippen LogP contribution in [0, 0.1) is 10.1 Å². The molecule has 0 saturated heterocycles. The quantitative estimate of drug-likeness (QED) is 0.628. The number of rotatable bonds is 2. The van der Waals surface area contributed by atoms with Crippen LogP contribution in [0.3, 0.4) is 0 Å². The highest BCUT2D eigenvalue weighted by Gasteiger charge is 2.17. The molecule has 0 radical (unpaired) electrons. The lowest BCUT2D eigenvalue weighted by atomic mass is 10.2. The van der Waals surface area contributed by atoms with Crippen LogP contribution in [0.25, 0.3) is 10.9 Å². The third-order valence-corrected chi connectivity index (χ3v) is 3.21. The van der Waals surface area contributed by atoms with Gasteiger partial charge in [0, 0.05) is 17.5 Å². The predicted molar refractivity (Wildman–Crippen MR) is 64.5 cm³/mol. The second-order valence-electron chi connectivity index (χ2n) is 3.77. The molecule has 5 nitrogen and oxygen atoms in total. The fourth-order valence-electron chi connectivity index (χ4n) is 1.63. The van der Waals surface area contributed by atoms with Crippen molar-refractivity contribution in [2.45, 2.75) is 19.9 Å². The Hall–Kier alpha value is -1.43. The first-order valence-corrected chi connectivity index (χ1v) is 5.61. The molecule has 0 spiro atoms. The van der Waals surface area contributed by atoms with Gasteiger partial charge in [0.25, 0.3) is 5.69 Å². The molecule has 1 heterocycles. The molecule has 0 bridgehead atoms. The number of benzene rings is 1. The number of aromatic nitrogens is 2. The molecule has 84 valence electrons. The van der Waals surface area contributed by atoms with Crippen LogP contribution in [-0.4, -0.2) is 14.7 Å². The number of nitro groups is 1. The monoisotopic (exact) mass is 283 g/mol. The van der Waals surface area contributed by atoms with Gasteiger partial charge in [0.15, 0.2) is 0 Å². The van der Waals surface area contributed by atoms with Gasteiger partial charge in [-0.05, 0) is 35.8 Å². The van der Waals surface area contributed by atoms with Gasteiger partial charge in [0.1, 0.15) is 4.47 Å². The summed E-state index contributed by atoms with van der Waals surface area (Å²) in [5.74, 6) is 0. The number of hydrogen-bond acceptors (Lipinski definition) is 3. The van der Waals surface area contributed by atoms with E-state index < -0.39 is 4.92 Å². The minimum atomic E-state index is -0.407. The summed E-state index contributed by atoms with van der Waals surface area (Å²) in [6, 6.07) is 3.45. The largest absolute Gasteiger partial charge is 0.284 e. The van der Waals surface area contributed by atoms with Crippen molar-refractivity contribution in [2.24, 2.45) is 0 Å². The van der Waals surface area contributed by atoms with Gasteiger partial charge in [-0.15, -0.1) is 0 Å².